The molecule has 1 N–H and O–H groups in total. The Balaban J connectivity index is 1.89. The van der Waals surface area contributed by atoms with Crippen LogP contribution in [-0.4, -0.2) is 24.7 Å². The fourth-order valence-corrected chi connectivity index (χ4v) is 2.37. The van der Waals surface area contributed by atoms with E-state index in [1.165, 1.54) is 0 Å². The third-order valence-electron chi connectivity index (χ3n) is 3.68. The van der Waals surface area contributed by atoms with E-state index in [2.05, 4.69) is 11.4 Å². The van der Waals surface area contributed by atoms with Gasteiger partial charge in [-0.05, 0) is 39.0 Å². The lowest BCUT2D eigenvalue weighted by molar-refractivity contribution is -0.133. The van der Waals surface area contributed by atoms with Gasteiger partial charge >= 0.3 is 0 Å². The van der Waals surface area contributed by atoms with E-state index < -0.39 is 5.41 Å². The van der Waals surface area contributed by atoms with Crippen LogP contribution in [0.2, 0.25) is 0 Å². The van der Waals surface area contributed by atoms with Crippen molar-refractivity contribution in [1.29, 1.82) is 5.26 Å². The summed E-state index contributed by atoms with van der Waals surface area (Å²) >= 11 is 0. The zero-order valence-electron chi connectivity index (χ0n) is 9.66. The predicted molar refractivity (Wildman–Crippen MR) is 58.5 cm³/mol. The van der Waals surface area contributed by atoms with Crippen molar-refractivity contribution in [2.75, 3.05) is 6.61 Å². The normalized spacial score (nSPS) is 32.2. The Morgan fingerprint density at radius 2 is 2.31 bits per heavy atom. The molecular formula is C12H18N2O2. The Labute approximate surface area is 96.0 Å². The summed E-state index contributed by atoms with van der Waals surface area (Å²) in [5.74, 6) is -0.0691. The number of nitriles is 1. The molecule has 2 atom stereocenters. The zero-order chi connectivity index (χ0) is 11.6. The summed E-state index contributed by atoms with van der Waals surface area (Å²) < 4.78 is 5.43. The van der Waals surface area contributed by atoms with Gasteiger partial charge < -0.3 is 10.1 Å². The van der Waals surface area contributed by atoms with E-state index in [1.54, 1.807) is 0 Å². The van der Waals surface area contributed by atoms with Crippen LogP contribution in [0.5, 0.6) is 0 Å². The smallest absolute Gasteiger partial charge is 0.240 e. The summed E-state index contributed by atoms with van der Waals surface area (Å²) in [7, 11) is 0. The van der Waals surface area contributed by atoms with E-state index in [-0.39, 0.29) is 18.1 Å². The molecule has 16 heavy (non-hydrogen) atoms. The van der Waals surface area contributed by atoms with Crippen LogP contribution in [-0.2, 0) is 9.53 Å². The van der Waals surface area contributed by atoms with E-state index >= 15 is 0 Å². The van der Waals surface area contributed by atoms with Gasteiger partial charge in [0.2, 0.25) is 5.91 Å². The first-order valence-corrected chi connectivity index (χ1v) is 6.00. The Morgan fingerprint density at radius 1 is 1.56 bits per heavy atom. The second kappa shape index (κ2) is 4.42. The molecule has 2 rings (SSSR count). The van der Waals surface area contributed by atoms with Gasteiger partial charge in [0.1, 0.15) is 5.41 Å². The van der Waals surface area contributed by atoms with Crippen LogP contribution >= 0.6 is 0 Å². The van der Waals surface area contributed by atoms with Crippen LogP contribution in [0, 0.1) is 16.7 Å². The lowest BCUT2D eigenvalue weighted by Gasteiger charge is -2.36. The summed E-state index contributed by atoms with van der Waals surface area (Å²) in [4.78, 5) is 12.0. The maximum absolute atomic E-state index is 12.0. The van der Waals surface area contributed by atoms with Gasteiger partial charge in [0, 0.05) is 12.6 Å². The van der Waals surface area contributed by atoms with E-state index in [0.29, 0.717) is 19.4 Å². The molecule has 0 aromatic heterocycles. The molecule has 1 saturated carbocycles. The van der Waals surface area contributed by atoms with Crippen LogP contribution in [0.1, 0.15) is 39.0 Å². The fourth-order valence-electron chi connectivity index (χ4n) is 2.37. The van der Waals surface area contributed by atoms with Gasteiger partial charge in [-0.3, -0.25) is 4.79 Å². The Morgan fingerprint density at radius 3 is 2.81 bits per heavy atom. The highest BCUT2D eigenvalue weighted by atomic mass is 16.5. The Hall–Kier alpha value is -1.08. The molecule has 1 aliphatic heterocycles. The minimum absolute atomic E-state index is 0.0691. The SMILES string of the molecule is CC1CC(NC(=O)C2(C#N)CCC2)CCO1. The van der Waals surface area contributed by atoms with Crippen molar-refractivity contribution in [2.45, 2.75) is 51.2 Å². The molecule has 0 bridgehead atoms. The first kappa shape index (κ1) is 11.4. The van der Waals surface area contributed by atoms with E-state index in [4.69, 9.17) is 10.00 Å². The van der Waals surface area contributed by atoms with Gasteiger partial charge in [0.05, 0.1) is 12.2 Å². The van der Waals surface area contributed by atoms with Crippen LogP contribution < -0.4 is 5.32 Å². The number of hydrogen-bond acceptors (Lipinski definition) is 3. The summed E-state index contributed by atoms with van der Waals surface area (Å²) in [6.45, 7) is 2.72. The quantitative estimate of drug-likeness (QED) is 0.767. The molecule has 4 heteroatoms. The summed E-state index contributed by atoms with van der Waals surface area (Å²) in [5.41, 5.74) is -0.721. The van der Waals surface area contributed by atoms with Gasteiger partial charge in [0.15, 0.2) is 0 Å². The molecular weight excluding hydrogens is 204 g/mol. The molecule has 4 nitrogen and oxygen atoms in total. The second-order valence-electron chi connectivity index (χ2n) is 4.92. The molecule has 1 saturated heterocycles. The van der Waals surface area contributed by atoms with Gasteiger partial charge in [-0.2, -0.15) is 5.26 Å². The van der Waals surface area contributed by atoms with Gasteiger partial charge in [0.25, 0.3) is 0 Å². The highest BCUT2D eigenvalue weighted by Gasteiger charge is 2.45. The lowest BCUT2D eigenvalue weighted by atomic mass is 9.69. The zero-order valence-corrected chi connectivity index (χ0v) is 9.66. The molecule has 1 heterocycles. The standard InChI is InChI=1S/C12H18N2O2/c1-9-7-10(3-6-16-9)14-11(15)12(8-13)4-2-5-12/h9-10H,2-7H2,1H3,(H,14,15). The monoisotopic (exact) mass is 222 g/mol. The number of nitrogens with zero attached hydrogens (tertiary/aromatic N) is 1. The average Bonchev–Trinajstić information content (AvgIpc) is 2.16. The number of amides is 1. The molecule has 88 valence electrons. The molecule has 0 aromatic carbocycles. The summed E-state index contributed by atoms with van der Waals surface area (Å²) in [6, 6.07) is 2.35. The van der Waals surface area contributed by atoms with E-state index in [9.17, 15) is 4.79 Å². The topological polar surface area (TPSA) is 62.1 Å². The highest BCUT2D eigenvalue weighted by molar-refractivity contribution is 5.86. The predicted octanol–water partition coefficient (Wildman–Crippen LogP) is 1.36. The molecule has 1 aliphatic carbocycles. The van der Waals surface area contributed by atoms with Crippen molar-refractivity contribution < 1.29 is 9.53 Å². The van der Waals surface area contributed by atoms with Gasteiger partial charge in [-0.25, -0.2) is 0 Å². The van der Waals surface area contributed by atoms with Crippen molar-refractivity contribution >= 4 is 5.91 Å². The van der Waals surface area contributed by atoms with Crippen molar-refractivity contribution in [3.8, 4) is 6.07 Å². The number of rotatable bonds is 2. The highest BCUT2D eigenvalue weighted by Crippen LogP contribution is 2.40. The maximum atomic E-state index is 12.0. The molecule has 2 unspecified atom stereocenters. The molecule has 0 spiro atoms. The van der Waals surface area contributed by atoms with Crippen LogP contribution in [0.4, 0.5) is 0 Å². The molecule has 1 amide bonds. The minimum Gasteiger partial charge on any atom is -0.378 e. The van der Waals surface area contributed by atoms with Crippen molar-refractivity contribution in [1.82, 2.24) is 5.32 Å². The molecule has 2 aliphatic rings. The van der Waals surface area contributed by atoms with Crippen LogP contribution in [0.3, 0.4) is 0 Å². The summed E-state index contributed by atoms with van der Waals surface area (Å²) in [6.07, 6.45) is 4.34. The number of nitrogens with one attached hydrogen (secondary N) is 1. The summed E-state index contributed by atoms with van der Waals surface area (Å²) in [5, 5.41) is 12.1. The average molecular weight is 222 g/mol. The van der Waals surface area contributed by atoms with E-state index in [0.717, 1.165) is 19.3 Å². The van der Waals surface area contributed by atoms with Crippen molar-refractivity contribution in [2.24, 2.45) is 5.41 Å². The number of carbonyl (C=O) groups is 1. The fraction of sp³-hybridized carbons (Fsp3) is 0.833. The number of carbonyl (C=O) groups excluding carboxylic acids is 1. The largest absolute Gasteiger partial charge is 0.378 e. The third-order valence-corrected chi connectivity index (χ3v) is 3.68. The molecule has 2 fully saturated rings. The first-order chi connectivity index (χ1) is 7.66. The third kappa shape index (κ3) is 2.05. The second-order valence-corrected chi connectivity index (χ2v) is 4.92. The van der Waals surface area contributed by atoms with Gasteiger partial charge in [-0.15, -0.1) is 0 Å². The molecule has 0 radical (unpaired) electrons. The van der Waals surface area contributed by atoms with Gasteiger partial charge in [-0.1, -0.05) is 0 Å². The number of hydrogen-bond donors (Lipinski definition) is 1. The van der Waals surface area contributed by atoms with E-state index in [1.807, 2.05) is 6.92 Å². The minimum atomic E-state index is -0.721. The van der Waals surface area contributed by atoms with Crippen LogP contribution in [0.15, 0.2) is 0 Å². The first-order valence-electron chi connectivity index (χ1n) is 6.00. The van der Waals surface area contributed by atoms with Crippen LogP contribution in [0.25, 0.3) is 0 Å². The Kier molecular flexibility index (Phi) is 3.15. The maximum Gasteiger partial charge on any atom is 0.240 e. The molecule has 0 aromatic rings. The Bertz CT molecular complexity index is 317. The number of ether oxygens (including phenoxy) is 1. The van der Waals surface area contributed by atoms with Crippen molar-refractivity contribution in [3.05, 3.63) is 0 Å². The lowest BCUT2D eigenvalue weighted by Crippen LogP contribution is -2.50. The van der Waals surface area contributed by atoms with Crippen molar-refractivity contribution in [3.63, 3.8) is 0 Å².